The van der Waals surface area contributed by atoms with Crippen LogP contribution in [0.1, 0.15) is 42.4 Å². The highest BCUT2D eigenvalue weighted by atomic mass is 16.2. The number of nitrogens with one attached hydrogen (secondary N) is 1. The molecule has 2 aromatic rings. The van der Waals surface area contributed by atoms with Crippen LogP contribution in [0, 0.1) is 0 Å². The van der Waals surface area contributed by atoms with Gasteiger partial charge in [-0.05, 0) is 31.0 Å². The maximum atomic E-state index is 12.2. The molecule has 21 heavy (non-hydrogen) atoms. The first-order valence-corrected chi connectivity index (χ1v) is 6.90. The zero-order chi connectivity index (χ0) is 15.2. The van der Waals surface area contributed by atoms with Crippen molar-refractivity contribution in [2.75, 3.05) is 0 Å². The van der Waals surface area contributed by atoms with Crippen LogP contribution in [0.25, 0.3) is 0 Å². The molecule has 0 aromatic carbocycles. The Morgan fingerprint density at radius 2 is 2.19 bits per heavy atom. The van der Waals surface area contributed by atoms with Crippen molar-refractivity contribution in [3.63, 3.8) is 0 Å². The number of hydrogen-bond acceptors (Lipinski definition) is 4. The van der Waals surface area contributed by atoms with Crippen LogP contribution in [0.3, 0.4) is 0 Å². The normalized spacial score (nSPS) is 11.9. The molecular formula is C15H18N4O2. The Morgan fingerprint density at radius 1 is 1.38 bits per heavy atom. The molecule has 0 aliphatic carbocycles. The lowest BCUT2D eigenvalue weighted by Gasteiger charge is -2.13. The number of hydrogen-bond donors (Lipinski definition) is 1. The molecule has 2 aromatic heterocycles. The van der Waals surface area contributed by atoms with Gasteiger partial charge in [-0.25, -0.2) is 4.68 Å². The van der Waals surface area contributed by atoms with Gasteiger partial charge in [-0.15, -0.1) is 0 Å². The van der Waals surface area contributed by atoms with Gasteiger partial charge >= 0.3 is 0 Å². The Hall–Kier alpha value is -2.50. The van der Waals surface area contributed by atoms with Crippen LogP contribution in [0.2, 0.25) is 0 Å². The van der Waals surface area contributed by atoms with Gasteiger partial charge in [-0.1, -0.05) is 13.0 Å². The molecule has 0 fully saturated rings. The average molecular weight is 286 g/mol. The zero-order valence-corrected chi connectivity index (χ0v) is 12.1. The number of pyridine rings is 1. The largest absolute Gasteiger partial charge is 0.344 e. The summed E-state index contributed by atoms with van der Waals surface area (Å²) in [6, 6.07) is 6.34. The second-order valence-corrected chi connectivity index (χ2v) is 4.76. The van der Waals surface area contributed by atoms with Crippen LogP contribution in [0.5, 0.6) is 0 Å². The van der Waals surface area contributed by atoms with Crippen molar-refractivity contribution in [3.8, 4) is 0 Å². The molecule has 6 heteroatoms. The number of carbonyl (C=O) groups excluding carboxylic acids is 1. The molecule has 0 aliphatic heterocycles. The third-order valence-corrected chi connectivity index (χ3v) is 3.07. The molecule has 1 N–H and O–H groups in total. The van der Waals surface area contributed by atoms with Gasteiger partial charge in [0.15, 0.2) is 0 Å². The second kappa shape index (κ2) is 6.78. The van der Waals surface area contributed by atoms with Crippen molar-refractivity contribution in [2.24, 2.45) is 0 Å². The number of rotatable bonds is 5. The standard InChI is InChI=1S/C15H18N4O2/c1-3-9-19-14(20)7-6-13(18-19)15(21)17-11(2)12-5-4-8-16-10-12/h4-8,10-11H,3,9H2,1-2H3,(H,17,21)/t11-/m1/s1. The van der Waals surface area contributed by atoms with Crippen LogP contribution < -0.4 is 10.9 Å². The minimum atomic E-state index is -0.309. The van der Waals surface area contributed by atoms with E-state index in [0.29, 0.717) is 6.54 Å². The lowest BCUT2D eigenvalue weighted by atomic mass is 10.1. The topological polar surface area (TPSA) is 76.9 Å². The third kappa shape index (κ3) is 3.75. The van der Waals surface area contributed by atoms with E-state index in [1.54, 1.807) is 12.4 Å². The first kappa shape index (κ1) is 14.9. The summed E-state index contributed by atoms with van der Waals surface area (Å²) in [7, 11) is 0. The molecular weight excluding hydrogens is 268 g/mol. The maximum absolute atomic E-state index is 12.2. The highest BCUT2D eigenvalue weighted by Gasteiger charge is 2.13. The lowest BCUT2D eigenvalue weighted by molar-refractivity contribution is 0.0932. The summed E-state index contributed by atoms with van der Waals surface area (Å²) in [5.41, 5.74) is 0.945. The molecule has 2 heterocycles. The minimum Gasteiger partial charge on any atom is -0.344 e. The van der Waals surface area contributed by atoms with E-state index in [2.05, 4.69) is 15.4 Å². The average Bonchev–Trinajstić information content (AvgIpc) is 2.50. The van der Waals surface area contributed by atoms with E-state index in [9.17, 15) is 9.59 Å². The highest BCUT2D eigenvalue weighted by Crippen LogP contribution is 2.10. The molecule has 110 valence electrons. The Labute approximate surface area is 122 Å². The zero-order valence-electron chi connectivity index (χ0n) is 12.1. The number of aromatic nitrogens is 3. The predicted octanol–water partition coefficient (Wildman–Crippen LogP) is 1.54. The minimum absolute atomic E-state index is 0.181. The summed E-state index contributed by atoms with van der Waals surface area (Å²) in [6.07, 6.45) is 4.17. The summed E-state index contributed by atoms with van der Waals surface area (Å²) in [5, 5.41) is 6.93. The van der Waals surface area contributed by atoms with E-state index in [0.717, 1.165) is 12.0 Å². The van der Waals surface area contributed by atoms with Gasteiger partial charge in [0.2, 0.25) is 0 Å². The number of nitrogens with zero attached hydrogens (tertiary/aromatic N) is 3. The molecule has 0 saturated heterocycles. The molecule has 1 atom stereocenters. The van der Waals surface area contributed by atoms with E-state index >= 15 is 0 Å². The van der Waals surface area contributed by atoms with Crippen molar-refractivity contribution >= 4 is 5.91 Å². The van der Waals surface area contributed by atoms with E-state index in [-0.39, 0.29) is 23.2 Å². The van der Waals surface area contributed by atoms with Crippen LogP contribution in [0.15, 0.2) is 41.5 Å². The van der Waals surface area contributed by atoms with Crippen LogP contribution in [-0.2, 0) is 6.54 Å². The van der Waals surface area contributed by atoms with Gasteiger partial charge in [0.25, 0.3) is 11.5 Å². The monoisotopic (exact) mass is 286 g/mol. The van der Waals surface area contributed by atoms with E-state index in [4.69, 9.17) is 0 Å². The Kier molecular flexibility index (Phi) is 4.81. The van der Waals surface area contributed by atoms with Gasteiger partial charge in [0.05, 0.1) is 6.04 Å². The quantitative estimate of drug-likeness (QED) is 0.904. The summed E-state index contributed by atoms with van der Waals surface area (Å²) in [6.45, 7) is 4.32. The van der Waals surface area contributed by atoms with Gasteiger partial charge in [-0.3, -0.25) is 14.6 Å². The summed E-state index contributed by atoms with van der Waals surface area (Å²) in [5.74, 6) is -0.309. The van der Waals surface area contributed by atoms with Crippen molar-refractivity contribution in [3.05, 3.63) is 58.3 Å². The van der Waals surface area contributed by atoms with Crippen LogP contribution >= 0.6 is 0 Å². The summed E-state index contributed by atoms with van der Waals surface area (Å²) < 4.78 is 1.31. The fraction of sp³-hybridized carbons (Fsp3) is 0.333. The molecule has 0 spiro atoms. The number of carbonyl (C=O) groups is 1. The van der Waals surface area contributed by atoms with Gasteiger partial charge in [-0.2, -0.15) is 5.10 Å². The molecule has 0 saturated carbocycles. The van der Waals surface area contributed by atoms with Gasteiger partial charge in [0.1, 0.15) is 5.69 Å². The fourth-order valence-corrected chi connectivity index (χ4v) is 1.93. The maximum Gasteiger partial charge on any atom is 0.272 e. The molecule has 1 amide bonds. The molecule has 0 radical (unpaired) electrons. The predicted molar refractivity (Wildman–Crippen MR) is 78.9 cm³/mol. The van der Waals surface area contributed by atoms with Crippen molar-refractivity contribution in [2.45, 2.75) is 32.9 Å². The van der Waals surface area contributed by atoms with E-state index in [1.807, 2.05) is 26.0 Å². The summed E-state index contributed by atoms with van der Waals surface area (Å²) in [4.78, 5) is 27.8. The highest BCUT2D eigenvalue weighted by molar-refractivity contribution is 5.92. The number of amides is 1. The van der Waals surface area contributed by atoms with Crippen molar-refractivity contribution in [1.82, 2.24) is 20.1 Å². The fourth-order valence-electron chi connectivity index (χ4n) is 1.93. The SMILES string of the molecule is CCCn1nc(C(=O)N[C@H](C)c2cccnc2)ccc1=O. The molecule has 0 bridgehead atoms. The van der Waals surface area contributed by atoms with Crippen molar-refractivity contribution < 1.29 is 4.79 Å². The van der Waals surface area contributed by atoms with Crippen LogP contribution in [0.4, 0.5) is 0 Å². The summed E-state index contributed by atoms with van der Waals surface area (Å²) >= 11 is 0. The first-order valence-electron chi connectivity index (χ1n) is 6.90. The van der Waals surface area contributed by atoms with Gasteiger partial charge in [0, 0.05) is 25.0 Å². The van der Waals surface area contributed by atoms with Crippen molar-refractivity contribution in [1.29, 1.82) is 0 Å². The third-order valence-electron chi connectivity index (χ3n) is 3.07. The molecule has 0 aliphatic rings. The van der Waals surface area contributed by atoms with Crippen LogP contribution in [-0.4, -0.2) is 20.7 Å². The van der Waals surface area contributed by atoms with Gasteiger partial charge < -0.3 is 5.32 Å². The molecule has 2 rings (SSSR count). The Morgan fingerprint density at radius 3 is 2.86 bits per heavy atom. The number of aryl methyl sites for hydroxylation is 1. The Balaban J connectivity index is 2.13. The Bertz CT molecular complexity index is 667. The molecule has 6 nitrogen and oxygen atoms in total. The van der Waals surface area contributed by atoms with E-state index < -0.39 is 0 Å². The lowest BCUT2D eigenvalue weighted by Crippen LogP contribution is -2.31. The molecule has 0 unspecified atom stereocenters. The second-order valence-electron chi connectivity index (χ2n) is 4.76. The van der Waals surface area contributed by atoms with E-state index in [1.165, 1.54) is 16.8 Å². The first-order chi connectivity index (χ1) is 10.1. The smallest absolute Gasteiger partial charge is 0.272 e.